The Morgan fingerprint density at radius 3 is 2.78 bits per heavy atom. The van der Waals surface area contributed by atoms with Gasteiger partial charge in [-0.25, -0.2) is 14.1 Å². The van der Waals surface area contributed by atoms with Crippen LogP contribution in [0.2, 0.25) is 0 Å². The molecular weight excluding hydrogens is 231 g/mol. The average molecular weight is 246 g/mol. The first-order valence-corrected chi connectivity index (χ1v) is 6.24. The lowest BCUT2D eigenvalue weighted by Gasteiger charge is -2.14. The fourth-order valence-corrected chi connectivity index (χ4v) is 2.42. The summed E-state index contributed by atoms with van der Waals surface area (Å²) in [6.45, 7) is 0. The van der Waals surface area contributed by atoms with Crippen molar-refractivity contribution >= 4 is 5.69 Å². The zero-order valence-electron chi connectivity index (χ0n) is 10.0. The molecule has 1 N–H and O–H groups in total. The molecule has 4 nitrogen and oxygen atoms in total. The van der Waals surface area contributed by atoms with E-state index in [9.17, 15) is 4.39 Å². The third-order valence-electron chi connectivity index (χ3n) is 3.34. The van der Waals surface area contributed by atoms with Crippen LogP contribution in [0.3, 0.4) is 0 Å². The van der Waals surface area contributed by atoms with Crippen LogP contribution in [0.15, 0.2) is 30.9 Å². The molecule has 5 heteroatoms. The second-order valence-electron chi connectivity index (χ2n) is 4.63. The van der Waals surface area contributed by atoms with Gasteiger partial charge in [-0.3, -0.25) is 0 Å². The number of benzene rings is 1. The van der Waals surface area contributed by atoms with Crippen molar-refractivity contribution in [2.24, 2.45) is 0 Å². The third-order valence-corrected chi connectivity index (χ3v) is 3.34. The van der Waals surface area contributed by atoms with Crippen LogP contribution in [-0.4, -0.2) is 20.8 Å². The van der Waals surface area contributed by atoms with Crippen molar-refractivity contribution in [1.29, 1.82) is 0 Å². The Kier molecular flexibility index (Phi) is 2.96. The number of nitrogens with one attached hydrogen (secondary N) is 1. The summed E-state index contributed by atoms with van der Waals surface area (Å²) >= 11 is 0. The first kappa shape index (κ1) is 11.2. The number of hydrogen-bond acceptors (Lipinski definition) is 3. The zero-order chi connectivity index (χ0) is 12.4. The fraction of sp³-hybridized carbons (Fsp3) is 0.385. The lowest BCUT2D eigenvalue weighted by Crippen LogP contribution is -2.14. The highest BCUT2D eigenvalue weighted by molar-refractivity contribution is 5.50. The molecule has 1 aliphatic rings. The molecule has 1 aromatic carbocycles. The van der Waals surface area contributed by atoms with Gasteiger partial charge in [0.05, 0.1) is 0 Å². The van der Waals surface area contributed by atoms with Gasteiger partial charge in [0.25, 0.3) is 0 Å². The highest BCUT2D eigenvalue weighted by Gasteiger charge is 2.15. The van der Waals surface area contributed by atoms with Crippen LogP contribution in [0, 0.1) is 5.82 Å². The van der Waals surface area contributed by atoms with Crippen molar-refractivity contribution in [3.05, 3.63) is 36.7 Å². The van der Waals surface area contributed by atoms with E-state index in [-0.39, 0.29) is 5.82 Å². The molecule has 0 unspecified atom stereocenters. The summed E-state index contributed by atoms with van der Waals surface area (Å²) in [6.07, 6.45) is 7.75. The van der Waals surface area contributed by atoms with Gasteiger partial charge in [-0.1, -0.05) is 12.8 Å². The number of halogens is 1. The van der Waals surface area contributed by atoms with Crippen LogP contribution in [0.25, 0.3) is 5.69 Å². The number of aromatic nitrogens is 3. The maximum atomic E-state index is 14.0. The van der Waals surface area contributed by atoms with Crippen molar-refractivity contribution in [2.75, 3.05) is 5.32 Å². The second kappa shape index (κ2) is 4.76. The van der Waals surface area contributed by atoms with E-state index >= 15 is 0 Å². The zero-order valence-corrected chi connectivity index (χ0v) is 10.0. The van der Waals surface area contributed by atoms with Crippen LogP contribution in [0.4, 0.5) is 10.1 Å². The first-order chi connectivity index (χ1) is 8.83. The van der Waals surface area contributed by atoms with E-state index < -0.39 is 0 Å². The van der Waals surface area contributed by atoms with Gasteiger partial charge < -0.3 is 5.32 Å². The molecule has 0 bridgehead atoms. The van der Waals surface area contributed by atoms with Crippen LogP contribution in [-0.2, 0) is 0 Å². The maximum Gasteiger partial charge on any atom is 0.150 e. The molecule has 94 valence electrons. The number of hydrogen-bond donors (Lipinski definition) is 1. The average Bonchev–Trinajstić information content (AvgIpc) is 3.01. The van der Waals surface area contributed by atoms with Gasteiger partial charge in [-0.05, 0) is 31.0 Å². The number of nitrogens with zero attached hydrogens (tertiary/aromatic N) is 3. The lowest BCUT2D eigenvalue weighted by molar-refractivity contribution is 0.610. The summed E-state index contributed by atoms with van der Waals surface area (Å²) < 4.78 is 15.4. The second-order valence-corrected chi connectivity index (χ2v) is 4.63. The Labute approximate surface area is 105 Å². The molecule has 18 heavy (non-hydrogen) atoms. The van der Waals surface area contributed by atoms with E-state index in [2.05, 4.69) is 15.4 Å². The molecule has 0 atom stereocenters. The SMILES string of the molecule is Fc1cc(NC2CCCC2)ccc1-n1cncn1. The lowest BCUT2D eigenvalue weighted by atomic mass is 10.2. The Balaban J connectivity index is 1.80. The fourth-order valence-electron chi connectivity index (χ4n) is 2.42. The van der Waals surface area contributed by atoms with E-state index in [1.165, 1.54) is 49.1 Å². The summed E-state index contributed by atoms with van der Waals surface area (Å²) in [7, 11) is 0. The van der Waals surface area contributed by atoms with Gasteiger partial charge in [0.2, 0.25) is 0 Å². The molecule has 1 heterocycles. The van der Waals surface area contributed by atoms with Crippen LogP contribution in [0.1, 0.15) is 25.7 Å². The minimum Gasteiger partial charge on any atom is -0.382 e. The summed E-state index contributed by atoms with van der Waals surface area (Å²) in [5, 5.41) is 7.29. The largest absolute Gasteiger partial charge is 0.382 e. The Morgan fingerprint density at radius 1 is 1.28 bits per heavy atom. The van der Waals surface area contributed by atoms with E-state index in [1.807, 2.05) is 6.07 Å². The summed E-state index contributed by atoms with van der Waals surface area (Å²) in [4.78, 5) is 3.81. The van der Waals surface area contributed by atoms with Crippen molar-refractivity contribution < 1.29 is 4.39 Å². The molecule has 0 saturated heterocycles. The molecular formula is C13H15FN4. The normalized spacial score (nSPS) is 16.1. The van der Waals surface area contributed by atoms with Gasteiger partial charge in [-0.2, -0.15) is 5.10 Å². The van der Waals surface area contributed by atoms with Gasteiger partial charge >= 0.3 is 0 Å². The smallest absolute Gasteiger partial charge is 0.150 e. The molecule has 1 fully saturated rings. The highest BCUT2D eigenvalue weighted by Crippen LogP contribution is 2.24. The molecule has 1 aliphatic carbocycles. The van der Waals surface area contributed by atoms with Crippen LogP contribution >= 0.6 is 0 Å². The molecule has 0 radical (unpaired) electrons. The predicted octanol–water partition coefficient (Wildman–Crippen LogP) is 2.76. The van der Waals surface area contributed by atoms with Gasteiger partial charge in [0.1, 0.15) is 18.3 Å². The first-order valence-electron chi connectivity index (χ1n) is 6.24. The standard InChI is InChI=1S/C13H15FN4/c14-12-7-11(17-10-3-1-2-4-10)5-6-13(12)18-9-15-8-16-18/h5-10,17H,1-4H2. The molecule has 1 aromatic heterocycles. The van der Waals surface area contributed by atoms with E-state index in [0.717, 1.165) is 5.69 Å². The van der Waals surface area contributed by atoms with E-state index in [1.54, 1.807) is 6.07 Å². The maximum absolute atomic E-state index is 14.0. The van der Waals surface area contributed by atoms with Gasteiger partial charge in [0.15, 0.2) is 5.82 Å². The summed E-state index contributed by atoms with van der Waals surface area (Å²) in [5.41, 5.74) is 1.26. The summed E-state index contributed by atoms with van der Waals surface area (Å²) in [6, 6.07) is 5.62. The number of rotatable bonds is 3. The molecule has 2 aromatic rings. The molecule has 0 amide bonds. The van der Waals surface area contributed by atoms with Gasteiger partial charge in [0, 0.05) is 11.7 Å². The Hall–Kier alpha value is -1.91. The minimum absolute atomic E-state index is 0.288. The van der Waals surface area contributed by atoms with E-state index in [4.69, 9.17) is 0 Å². The quantitative estimate of drug-likeness (QED) is 0.905. The van der Waals surface area contributed by atoms with Gasteiger partial charge in [-0.15, -0.1) is 0 Å². The molecule has 1 saturated carbocycles. The molecule has 3 rings (SSSR count). The van der Waals surface area contributed by atoms with Crippen LogP contribution in [0.5, 0.6) is 0 Å². The number of anilines is 1. The topological polar surface area (TPSA) is 42.7 Å². The van der Waals surface area contributed by atoms with Crippen molar-refractivity contribution in [3.63, 3.8) is 0 Å². The van der Waals surface area contributed by atoms with Crippen molar-refractivity contribution in [1.82, 2.24) is 14.8 Å². The van der Waals surface area contributed by atoms with Crippen molar-refractivity contribution in [2.45, 2.75) is 31.7 Å². The highest BCUT2D eigenvalue weighted by atomic mass is 19.1. The van der Waals surface area contributed by atoms with Crippen LogP contribution < -0.4 is 5.32 Å². The summed E-state index contributed by atoms with van der Waals surface area (Å²) in [5.74, 6) is -0.288. The predicted molar refractivity (Wildman–Crippen MR) is 67.2 cm³/mol. The third kappa shape index (κ3) is 2.20. The van der Waals surface area contributed by atoms with Crippen molar-refractivity contribution in [3.8, 4) is 5.69 Å². The molecule has 0 aliphatic heterocycles. The Bertz CT molecular complexity index is 518. The van der Waals surface area contributed by atoms with E-state index in [0.29, 0.717) is 11.7 Å². The monoisotopic (exact) mass is 246 g/mol. The molecule has 0 spiro atoms. The minimum atomic E-state index is -0.288. The Morgan fingerprint density at radius 2 is 2.11 bits per heavy atom.